The van der Waals surface area contributed by atoms with Gasteiger partial charge in [-0.3, -0.25) is 9.59 Å². The molecule has 8 heteroatoms. The lowest BCUT2D eigenvalue weighted by Crippen LogP contribution is -2.43. The molecule has 1 heterocycles. The highest BCUT2D eigenvalue weighted by Crippen LogP contribution is 2.20. The minimum atomic E-state index is -1.000. The Labute approximate surface area is 209 Å². The Balaban J connectivity index is 1.51. The van der Waals surface area contributed by atoms with Crippen molar-refractivity contribution in [2.45, 2.75) is 12.5 Å². The van der Waals surface area contributed by atoms with Crippen LogP contribution in [0.1, 0.15) is 26.3 Å². The van der Waals surface area contributed by atoms with E-state index in [1.807, 2.05) is 24.3 Å². The summed E-state index contributed by atoms with van der Waals surface area (Å²) in [5, 5.41) is 4.17. The van der Waals surface area contributed by atoms with Gasteiger partial charge in [0.15, 0.2) is 12.4 Å². The van der Waals surface area contributed by atoms with Crippen LogP contribution in [0.5, 0.6) is 0 Å². The Hall–Kier alpha value is -3.42. The van der Waals surface area contributed by atoms with Crippen molar-refractivity contribution in [3.8, 4) is 0 Å². The number of carbonyl (C=O) groups excluding carboxylic acids is 3. The molecule has 0 aliphatic heterocycles. The van der Waals surface area contributed by atoms with E-state index < -0.39 is 24.5 Å². The third kappa shape index (κ3) is 5.73. The van der Waals surface area contributed by atoms with Crippen LogP contribution in [0.4, 0.5) is 0 Å². The summed E-state index contributed by atoms with van der Waals surface area (Å²) in [6.07, 6.45) is 1.99. The van der Waals surface area contributed by atoms with Crippen molar-refractivity contribution in [2.75, 3.05) is 6.61 Å². The average molecular weight is 540 g/mol. The number of aromatic nitrogens is 1. The smallest absolute Gasteiger partial charge is 0.329 e. The van der Waals surface area contributed by atoms with Gasteiger partial charge >= 0.3 is 5.97 Å². The van der Waals surface area contributed by atoms with Crippen LogP contribution >= 0.6 is 27.5 Å². The van der Waals surface area contributed by atoms with E-state index in [-0.39, 0.29) is 12.2 Å². The minimum absolute atomic E-state index is 0.189. The fraction of sp³-hybridized carbons (Fsp3) is 0.115. The van der Waals surface area contributed by atoms with Gasteiger partial charge in [0.2, 0.25) is 0 Å². The van der Waals surface area contributed by atoms with Gasteiger partial charge in [-0.25, -0.2) is 4.79 Å². The predicted molar refractivity (Wildman–Crippen MR) is 134 cm³/mol. The number of benzene rings is 3. The second kappa shape index (κ2) is 10.7. The van der Waals surface area contributed by atoms with E-state index in [0.29, 0.717) is 16.1 Å². The van der Waals surface area contributed by atoms with Crippen LogP contribution in [-0.4, -0.2) is 35.3 Å². The van der Waals surface area contributed by atoms with Crippen molar-refractivity contribution in [3.63, 3.8) is 0 Å². The molecule has 0 radical (unpaired) electrons. The van der Waals surface area contributed by atoms with E-state index in [1.54, 1.807) is 54.7 Å². The normalized spacial score (nSPS) is 11.7. The predicted octanol–water partition coefficient (Wildman–Crippen LogP) is 5.35. The van der Waals surface area contributed by atoms with Crippen LogP contribution in [-0.2, 0) is 16.0 Å². The first-order valence-electron chi connectivity index (χ1n) is 10.5. The number of H-pyrrole nitrogens is 1. The van der Waals surface area contributed by atoms with Crippen LogP contribution in [0.15, 0.2) is 83.5 Å². The molecule has 34 heavy (non-hydrogen) atoms. The monoisotopic (exact) mass is 538 g/mol. The van der Waals surface area contributed by atoms with Crippen LogP contribution in [0, 0.1) is 0 Å². The van der Waals surface area contributed by atoms with Gasteiger partial charge in [-0.1, -0.05) is 57.9 Å². The van der Waals surface area contributed by atoms with Gasteiger partial charge in [0.25, 0.3) is 5.91 Å². The van der Waals surface area contributed by atoms with Gasteiger partial charge in [0.05, 0.1) is 0 Å². The molecule has 1 aromatic heterocycles. The quantitative estimate of drug-likeness (QED) is 0.233. The van der Waals surface area contributed by atoms with E-state index in [4.69, 9.17) is 16.3 Å². The summed E-state index contributed by atoms with van der Waals surface area (Å²) < 4.78 is 6.16. The number of ether oxygens (including phenoxy) is 1. The van der Waals surface area contributed by atoms with Crippen LogP contribution < -0.4 is 5.32 Å². The van der Waals surface area contributed by atoms with E-state index in [1.165, 1.54) is 0 Å². The Bertz CT molecular complexity index is 1330. The third-order valence-corrected chi connectivity index (χ3v) is 6.09. The Morgan fingerprint density at radius 2 is 1.62 bits per heavy atom. The van der Waals surface area contributed by atoms with Crippen molar-refractivity contribution in [1.82, 2.24) is 10.3 Å². The molecular formula is C26H20BrClN2O4. The Kier molecular flexibility index (Phi) is 7.45. The molecule has 0 fully saturated rings. The lowest BCUT2D eigenvalue weighted by molar-refractivity contribution is -0.144. The highest BCUT2D eigenvalue weighted by atomic mass is 79.9. The van der Waals surface area contributed by atoms with Gasteiger partial charge in [0.1, 0.15) is 6.04 Å². The van der Waals surface area contributed by atoms with Gasteiger partial charge in [0, 0.05) is 44.1 Å². The molecule has 4 rings (SSSR count). The SMILES string of the molecule is O=C(COC(=O)[C@H](Cc1c[nH]c2ccccc12)NC(=O)c1ccc(Cl)cc1)c1ccc(Br)cc1. The summed E-state index contributed by atoms with van der Waals surface area (Å²) in [5.41, 5.74) is 2.54. The van der Waals surface area contributed by atoms with E-state index in [9.17, 15) is 14.4 Å². The zero-order valence-corrected chi connectivity index (χ0v) is 20.2. The zero-order valence-electron chi connectivity index (χ0n) is 17.9. The molecule has 0 aliphatic rings. The molecular weight excluding hydrogens is 520 g/mol. The molecule has 0 aliphatic carbocycles. The van der Waals surface area contributed by atoms with Crippen molar-refractivity contribution in [2.24, 2.45) is 0 Å². The highest BCUT2D eigenvalue weighted by Gasteiger charge is 2.25. The fourth-order valence-corrected chi connectivity index (χ4v) is 3.90. The maximum atomic E-state index is 13.0. The number of carbonyl (C=O) groups is 3. The number of hydrogen-bond acceptors (Lipinski definition) is 4. The summed E-state index contributed by atoms with van der Waals surface area (Å²) in [5.74, 6) is -1.48. The lowest BCUT2D eigenvalue weighted by Gasteiger charge is -2.17. The topological polar surface area (TPSA) is 88.3 Å². The Morgan fingerprint density at radius 3 is 2.35 bits per heavy atom. The maximum absolute atomic E-state index is 13.0. The largest absolute Gasteiger partial charge is 0.456 e. The number of rotatable bonds is 8. The van der Waals surface area contributed by atoms with Gasteiger partial charge < -0.3 is 15.0 Å². The fourth-order valence-electron chi connectivity index (χ4n) is 3.51. The molecule has 4 aromatic rings. The first-order valence-corrected chi connectivity index (χ1v) is 11.6. The van der Waals surface area contributed by atoms with Crippen molar-refractivity contribution >= 4 is 56.1 Å². The molecule has 0 saturated heterocycles. The molecule has 0 bridgehead atoms. The number of halogens is 2. The van der Waals surface area contributed by atoms with Crippen molar-refractivity contribution < 1.29 is 19.1 Å². The zero-order chi connectivity index (χ0) is 24.1. The number of ketones is 1. The molecule has 1 atom stereocenters. The molecule has 0 unspecified atom stereocenters. The summed E-state index contributed by atoms with van der Waals surface area (Å²) in [7, 11) is 0. The molecule has 172 valence electrons. The molecule has 6 nitrogen and oxygen atoms in total. The van der Waals surface area contributed by atoms with Gasteiger partial charge in [-0.05, 0) is 48.0 Å². The van der Waals surface area contributed by atoms with Crippen molar-refractivity contribution in [3.05, 3.63) is 105 Å². The standard InChI is InChI=1S/C26H20BrClN2O4/c27-19-9-5-16(6-10-19)24(31)15-34-26(33)23(30-25(32)17-7-11-20(28)12-8-17)13-18-14-29-22-4-2-1-3-21(18)22/h1-12,14,23,29H,13,15H2,(H,30,32)/t23-/m0/s1. The number of fused-ring (bicyclic) bond motifs is 1. The second-order valence-corrected chi connectivity index (χ2v) is 8.99. The molecule has 3 aromatic carbocycles. The first-order chi connectivity index (χ1) is 16.4. The van der Waals surface area contributed by atoms with Gasteiger partial charge in [-0.15, -0.1) is 0 Å². The number of hydrogen-bond donors (Lipinski definition) is 2. The number of aromatic amines is 1. The third-order valence-electron chi connectivity index (χ3n) is 5.31. The number of Topliss-reactive ketones (excluding diaryl/α,β-unsaturated/α-hetero) is 1. The van der Waals surface area contributed by atoms with Crippen molar-refractivity contribution in [1.29, 1.82) is 0 Å². The number of para-hydroxylation sites is 1. The Morgan fingerprint density at radius 1 is 0.941 bits per heavy atom. The second-order valence-electron chi connectivity index (χ2n) is 7.63. The lowest BCUT2D eigenvalue weighted by atomic mass is 10.0. The summed E-state index contributed by atoms with van der Waals surface area (Å²) in [6.45, 7) is -0.429. The van der Waals surface area contributed by atoms with E-state index >= 15 is 0 Å². The molecule has 1 amide bonds. The van der Waals surface area contributed by atoms with E-state index in [0.717, 1.165) is 20.9 Å². The number of esters is 1. The number of amides is 1. The molecule has 0 spiro atoms. The van der Waals surface area contributed by atoms with E-state index in [2.05, 4.69) is 26.2 Å². The minimum Gasteiger partial charge on any atom is -0.456 e. The highest BCUT2D eigenvalue weighted by molar-refractivity contribution is 9.10. The first kappa shape index (κ1) is 23.7. The summed E-state index contributed by atoms with van der Waals surface area (Å²) in [6, 6.07) is 19.8. The molecule has 0 saturated carbocycles. The van der Waals surface area contributed by atoms with Crippen LogP contribution in [0.25, 0.3) is 10.9 Å². The average Bonchev–Trinajstić information content (AvgIpc) is 3.25. The van der Waals surface area contributed by atoms with Gasteiger partial charge in [-0.2, -0.15) is 0 Å². The summed E-state index contributed by atoms with van der Waals surface area (Å²) >= 11 is 9.23. The maximum Gasteiger partial charge on any atom is 0.329 e. The van der Waals surface area contributed by atoms with Crippen LogP contribution in [0.2, 0.25) is 5.02 Å². The van der Waals surface area contributed by atoms with Crippen LogP contribution in [0.3, 0.4) is 0 Å². The summed E-state index contributed by atoms with van der Waals surface area (Å²) in [4.78, 5) is 41.4. The number of nitrogens with one attached hydrogen (secondary N) is 2. The molecule has 2 N–H and O–H groups in total.